The van der Waals surface area contributed by atoms with Gasteiger partial charge >= 0.3 is 6.09 Å². The van der Waals surface area contributed by atoms with Crippen LogP contribution >= 0.6 is 0 Å². The first-order chi connectivity index (χ1) is 11.2. The van der Waals surface area contributed by atoms with Gasteiger partial charge in [0.05, 0.1) is 6.54 Å². The molecule has 0 radical (unpaired) electrons. The molecule has 0 saturated carbocycles. The number of allylic oxidation sites excluding steroid dienone is 3. The Bertz CT molecular complexity index is 636. The van der Waals surface area contributed by atoms with Crippen molar-refractivity contribution in [3.05, 3.63) is 59.9 Å². The van der Waals surface area contributed by atoms with E-state index in [1.54, 1.807) is 0 Å². The summed E-state index contributed by atoms with van der Waals surface area (Å²) in [5.41, 5.74) is 1.12. The molecular weight excluding hydrogens is 294 g/mol. The molecule has 0 aromatic heterocycles. The fraction of sp³-hybridized carbons (Fsp3) is 0.333. The normalized spacial score (nSPS) is 20.2. The fourth-order valence-corrected chi connectivity index (χ4v) is 2.60. The number of cyclic esters (lactones) is 1. The van der Waals surface area contributed by atoms with Crippen LogP contribution in [0.5, 0.6) is 0 Å². The lowest BCUT2D eigenvalue weighted by atomic mass is 9.96. The second-order valence-electron chi connectivity index (χ2n) is 5.60. The van der Waals surface area contributed by atoms with Crippen molar-refractivity contribution in [1.29, 1.82) is 0 Å². The number of ether oxygens (including phenoxy) is 2. The van der Waals surface area contributed by atoms with Gasteiger partial charge in [0.2, 0.25) is 5.91 Å². The van der Waals surface area contributed by atoms with Crippen molar-refractivity contribution in [2.75, 3.05) is 13.2 Å². The Morgan fingerprint density at radius 1 is 1.30 bits per heavy atom. The zero-order chi connectivity index (χ0) is 16.1. The van der Waals surface area contributed by atoms with Crippen LogP contribution in [0.15, 0.2) is 54.3 Å². The van der Waals surface area contributed by atoms with E-state index in [9.17, 15) is 9.59 Å². The van der Waals surface area contributed by atoms with Crippen molar-refractivity contribution >= 4 is 12.0 Å². The summed E-state index contributed by atoms with van der Waals surface area (Å²) in [7, 11) is 0. The largest absolute Gasteiger partial charge is 0.489 e. The van der Waals surface area contributed by atoms with E-state index in [1.807, 2.05) is 48.6 Å². The van der Waals surface area contributed by atoms with Crippen LogP contribution in [0.1, 0.15) is 18.4 Å². The van der Waals surface area contributed by atoms with Crippen LogP contribution in [-0.4, -0.2) is 30.1 Å². The van der Waals surface area contributed by atoms with E-state index >= 15 is 0 Å². The highest BCUT2D eigenvalue weighted by molar-refractivity contribution is 5.93. The van der Waals surface area contributed by atoms with Crippen molar-refractivity contribution in [1.82, 2.24) is 4.90 Å². The minimum atomic E-state index is -0.530. The molecule has 23 heavy (non-hydrogen) atoms. The summed E-state index contributed by atoms with van der Waals surface area (Å²) in [5.74, 6) is 0.738. The third kappa shape index (κ3) is 4.00. The standard InChI is InChI=1S/C18H19NO4/c20-17(19-10-11-22-18(19)21)12-14-6-8-16(9-7-14)23-13-15-4-2-1-3-5-15/h1-6,8-9,14H,7,10-13H2. The Hall–Kier alpha value is -2.56. The highest BCUT2D eigenvalue weighted by Gasteiger charge is 2.29. The minimum absolute atomic E-state index is 0.0972. The molecular formula is C18H19NO4. The van der Waals surface area contributed by atoms with Crippen molar-refractivity contribution in [3.63, 3.8) is 0 Å². The number of carbonyl (C=O) groups is 2. The Labute approximate surface area is 135 Å². The molecule has 1 aromatic carbocycles. The molecule has 0 spiro atoms. The Kier molecular flexibility index (Phi) is 4.76. The second-order valence-corrected chi connectivity index (χ2v) is 5.60. The molecule has 1 fully saturated rings. The van der Waals surface area contributed by atoms with Gasteiger partial charge in [-0.15, -0.1) is 0 Å². The van der Waals surface area contributed by atoms with Crippen LogP contribution in [0.2, 0.25) is 0 Å². The van der Waals surface area contributed by atoms with Crippen molar-refractivity contribution in [3.8, 4) is 0 Å². The third-order valence-electron chi connectivity index (χ3n) is 3.90. The third-order valence-corrected chi connectivity index (χ3v) is 3.90. The van der Waals surface area contributed by atoms with E-state index in [2.05, 4.69) is 0 Å². The van der Waals surface area contributed by atoms with E-state index in [4.69, 9.17) is 9.47 Å². The van der Waals surface area contributed by atoms with Gasteiger partial charge in [0.25, 0.3) is 0 Å². The summed E-state index contributed by atoms with van der Waals surface area (Å²) in [6, 6.07) is 9.97. The van der Waals surface area contributed by atoms with E-state index in [1.165, 1.54) is 4.90 Å². The average Bonchev–Trinajstić information content (AvgIpc) is 3.01. The maximum Gasteiger partial charge on any atom is 0.416 e. The van der Waals surface area contributed by atoms with Gasteiger partial charge in [-0.05, 0) is 30.1 Å². The maximum absolute atomic E-state index is 12.1. The lowest BCUT2D eigenvalue weighted by Gasteiger charge is -2.18. The van der Waals surface area contributed by atoms with Crippen LogP contribution in [0, 0.1) is 5.92 Å². The first-order valence-electron chi connectivity index (χ1n) is 7.74. The van der Waals surface area contributed by atoms with Gasteiger partial charge in [0.15, 0.2) is 0 Å². The molecule has 120 valence electrons. The lowest BCUT2D eigenvalue weighted by molar-refractivity contribution is -0.128. The molecule has 5 nitrogen and oxygen atoms in total. The number of nitrogens with zero attached hydrogens (tertiary/aromatic N) is 1. The van der Waals surface area contributed by atoms with E-state index in [0.717, 1.165) is 17.7 Å². The molecule has 3 rings (SSSR count). The smallest absolute Gasteiger partial charge is 0.416 e. The van der Waals surface area contributed by atoms with Crippen LogP contribution in [0.3, 0.4) is 0 Å². The summed E-state index contributed by atoms with van der Waals surface area (Å²) < 4.78 is 10.5. The summed E-state index contributed by atoms with van der Waals surface area (Å²) >= 11 is 0. The van der Waals surface area contributed by atoms with Crippen LogP contribution < -0.4 is 0 Å². The highest BCUT2D eigenvalue weighted by atomic mass is 16.6. The predicted octanol–water partition coefficient (Wildman–Crippen LogP) is 3.03. The molecule has 5 heteroatoms. The Balaban J connectivity index is 1.46. The maximum atomic E-state index is 12.1. The average molecular weight is 313 g/mol. The van der Waals surface area contributed by atoms with E-state index in [-0.39, 0.29) is 11.8 Å². The van der Waals surface area contributed by atoms with Crippen molar-refractivity contribution in [2.45, 2.75) is 19.4 Å². The summed E-state index contributed by atoms with van der Waals surface area (Å²) in [5, 5.41) is 0. The summed E-state index contributed by atoms with van der Waals surface area (Å²) in [4.78, 5) is 24.6. The molecule has 0 bridgehead atoms. The molecule has 1 aliphatic carbocycles. The summed E-state index contributed by atoms with van der Waals surface area (Å²) in [6.07, 6.45) is 6.37. The number of imide groups is 1. The number of amides is 2. The topological polar surface area (TPSA) is 55.8 Å². The van der Waals surface area contributed by atoms with Gasteiger partial charge in [-0.3, -0.25) is 4.79 Å². The van der Waals surface area contributed by atoms with Crippen LogP contribution in [0.4, 0.5) is 4.79 Å². The second kappa shape index (κ2) is 7.13. The molecule has 2 amide bonds. The lowest BCUT2D eigenvalue weighted by Crippen LogP contribution is -2.32. The molecule has 1 atom stereocenters. The quantitative estimate of drug-likeness (QED) is 0.838. The SMILES string of the molecule is O=C(CC1C=CC(OCc2ccccc2)=CC1)N1CCOC1=O. The van der Waals surface area contributed by atoms with Gasteiger partial charge in [-0.2, -0.15) is 0 Å². The zero-order valence-corrected chi connectivity index (χ0v) is 12.8. The molecule has 1 saturated heterocycles. The number of rotatable bonds is 5. The van der Waals surface area contributed by atoms with Gasteiger partial charge in [0.1, 0.15) is 19.0 Å². The van der Waals surface area contributed by atoms with E-state index < -0.39 is 6.09 Å². The summed E-state index contributed by atoms with van der Waals surface area (Å²) in [6.45, 7) is 1.18. The molecule has 1 heterocycles. The first kappa shape index (κ1) is 15.3. The van der Waals surface area contributed by atoms with Gasteiger partial charge in [0, 0.05) is 6.42 Å². The predicted molar refractivity (Wildman–Crippen MR) is 84.2 cm³/mol. The van der Waals surface area contributed by atoms with Gasteiger partial charge in [-0.1, -0.05) is 36.4 Å². The van der Waals surface area contributed by atoms with Gasteiger partial charge in [-0.25, -0.2) is 9.69 Å². The highest BCUT2D eigenvalue weighted by Crippen LogP contribution is 2.22. The number of carbonyl (C=O) groups excluding carboxylic acids is 2. The van der Waals surface area contributed by atoms with Crippen LogP contribution in [0.25, 0.3) is 0 Å². The molecule has 1 unspecified atom stereocenters. The van der Waals surface area contributed by atoms with Crippen molar-refractivity contribution in [2.24, 2.45) is 5.92 Å². The van der Waals surface area contributed by atoms with Gasteiger partial charge < -0.3 is 9.47 Å². The molecule has 0 N–H and O–H groups in total. The zero-order valence-electron chi connectivity index (χ0n) is 12.8. The number of hydrogen-bond donors (Lipinski definition) is 0. The van der Waals surface area contributed by atoms with Crippen LogP contribution in [-0.2, 0) is 20.9 Å². The Morgan fingerprint density at radius 3 is 2.78 bits per heavy atom. The molecule has 1 aromatic rings. The monoisotopic (exact) mass is 313 g/mol. The number of hydrogen-bond acceptors (Lipinski definition) is 4. The van der Waals surface area contributed by atoms with Crippen molar-refractivity contribution < 1.29 is 19.1 Å². The van der Waals surface area contributed by atoms with E-state index in [0.29, 0.717) is 26.2 Å². The molecule has 1 aliphatic heterocycles. The fourth-order valence-electron chi connectivity index (χ4n) is 2.60. The Morgan fingerprint density at radius 2 is 2.13 bits per heavy atom. The minimum Gasteiger partial charge on any atom is -0.489 e. The number of benzene rings is 1. The molecule has 2 aliphatic rings. The first-order valence-corrected chi connectivity index (χ1v) is 7.74.